The van der Waals surface area contributed by atoms with Crippen LogP contribution in [-0.4, -0.2) is 23.5 Å². The molecule has 1 aliphatic carbocycles. The first kappa shape index (κ1) is 14.5. The lowest BCUT2D eigenvalue weighted by Crippen LogP contribution is -2.33. The third-order valence-corrected chi connectivity index (χ3v) is 3.93. The van der Waals surface area contributed by atoms with Crippen LogP contribution in [0.1, 0.15) is 35.2 Å². The number of carbonyl (C=O) groups is 2. The Kier molecular flexibility index (Phi) is 4.37. The van der Waals surface area contributed by atoms with Gasteiger partial charge in [0.05, 0.1) is 5.92 Å². The van der Waals surface area contributed by atoms with Crippen LogP contribution in [-0.2, 0) is 4.79 Å². The predicted molar refractivity (Wildman–Crippen MR) is 71.9 cm³/mol. The Morgan fingerprint density at radius 3 is 2.80 bits per heavy atom. The normalized spacial score (nSPS) is 21.7. The highest BCUT2D eigenvalue weighted by atomic mass is 19.1. The predicted octanol–water partition coefficient (Wildman–Crippen LogP) is 2.36. The fraction of sp³-hybridized carbons (Fsp3) is 0.467. The van der Waals surface area contributed by atoms with Crippen molar-refractivity contribution in [2.75, 3.05) is 6.54 Å². The highest BCUT2D eigenvalue weighted by Gasteiger charge is 2.32. The second kappa shape index (κ2) is 6.03. The molecule has 2 atom stereocenters. The first-order chi connectivity index (χ1) is 9.49. The van der Waals surface area contributed by atoms with Gasteiger partial charge < -0.3 is 10.4 Å². The molecule has 0 radical (unpaired) electrons. The third kappa shape index (κ3) is 3.15. The summed E-state index contributed by atoms with van der Waals surface area (Å²) in [6.07, 6.45) is 2.37. The van der Waals surface area contributed by atoms with Crippen molar-refractivity contribution in [3.05, 3.63) is 35.1 Å². The van der Waals surface area contributed by atoms with Crippen molar-refractivity contribution in [2.45, 2.75) is 26.2 Å². The number of carbonyl (C=O) groups excluding carboxylic acids is 1. The average molecular weight is 279 g/mol. The van der Waals surface area contributed by atoms with Crippen molar-refractivity contribution in [3.8, 4) is 0 Å². The van der Waals surface area contributed by atoms with Crippen molar-refractivity contribution < 1.29 is 19.1 Å². The molecular formula is C15H18FNO3. The molecule has 1 aromatic carbocycles. The molecule has 4 nitrogen and oxygen atoms in total. The Morgan fingerprint density at radius 2 is 2.15 bits per heavy atom. The van der Waals surface area contributed by atoms with Gasteiger partial charge >= 0.3 is 5.97 Å². The summed E-state index contributed by atoms with van der Waals surface area (Å²) in [5, 5.41) is 11.8. The van der Waals surface area contributed by atoms with Gasteiger partial charge in [-0.3, -0.25) is 9.59 Å². The summed E-state index contributed by atoms with van der Waals surface area (Å²) >= 11 is 0. The van der Waals surface area contributed by atoms with E-state index in [1.807, 2.05) is 0 Å². The zero-order valence-corrected chi connectivity index (χ0v) is 11.4. The molecule has 2 rings (SSSR count). The first-order valence-corrected chi connectivity index (χ1v) is 6.76. The van der Waals surface area contributed by atoms with Crippen molar-refractivity contribution in [1.82, 2.24) is 5.32 Å². The lowest BCUT2D eigenvalue weighted by atomic mass is 9.96. The summed E-state index contributed by atoms with van der Waals surface area (Å²) in [6.45, 7) is 2.03. The van der Waals surface area contributed by atoms with Crippen molar-refractivity contribution in [2.24, 2.45) is 11.8 Å². The van der Waals surface area contributed by atoms with Gasteiger partial charge in [-0.2, -0.15) is 0 Å². The number of carboxylic acid groups (broad SMARTS) is 1. The van der Waals surface area contributed by atoms with Gasteiger partial charge in [-0.05, 0) is 49.4 Å². The summed E-state index contributed by atoms with van der Waals surface area (Å²) < 4.78 is 13.0. The van der Waals surface area contributed by atoms with Crippen LogP contribution in [0.4, 0.5) is 4.39 Å². The van der Waals surface area contributed by atoms with E-state index < -0.39 is 5.97 Å². The van der Waals surface area contributed by atoms with Gasteiger partial charge in [-0.25, -0.2) is 4.39 Å². The van der Waals surface area contributed by atoms with Gasteiger partial charge in [0.15, 0.2) is 0 Å². The molecule has 1 aliphatic rings. The summed E-state index contributed by atoms with van der Waals surface area (Å²) in [6, 6.07) is 4.01. The minimum atomic E-state index is -0.792. The maximum absolute atomic E-state index is 13.0. The zero-order chi connectivity index (χ0) is 14.7. The molecule has 1 aromatic rings. The Balaban J connectivity index is 1.97. The third-order valence-electron chi connectivity index (χ3n) is 3.93. The number of hydrogen-bond acceptors (Lipinski definition) is 2. The fourth-order valence-electron chi connectivity index (χ4n) is 2.81. The van der Waals surface area contributed by atoms with Gasteiger partial charge in [-0.15, -0.1) is 0 Å². The Labute approximate surface area is 117 Å². The first-order valence-electron chi connectivity index (χ1n) is 6.76. The number of rotatable bonds is 4. The monoisotopic (exact) mass is 279 g/mol. The minimum absolute atomic E-state index is 0.0165. The average Bonchev–Trinajstić information content (AvgIpc) is 2.84. The van der Waals surface area contributed by atoms with Crippen LogP contribution < -0.4 is 5.32 Å². The highest BCUT2D eigenvalue weighted by molar-refractivity contribution is 5.95. The van der Waals surface area contributed by atoms with E-state index in [9.17, 15) is 14.0 Å². The molecule has 0 spiro atoms. The maximum Gasteiger partial charge on any atom is 0.306 e. The largest absolute Gasteiger partial charge is 0.481 e. The maximum atomic E-state index is 13.0. The molecule has 1 saturated carbocycles. The van der Waals surface area contributed by atoms with Crippen LogP contribution >= 0.6 is 0 Å². The number of carboxylic acids is 1. The Morgan fingerprint density at radius 1 is 1.40 bits per heavy atom. The van der Waals surface area contributed by atoms with E-state index in [0.29, 0.717) is 24.1 Å². The lowest BCUT2D eigenvalue weighted by molar-refractivity contribution is -0.142. The molecule has 0 aliphatic heterocycles. The molecule has 1 fully saturated rings. The van der Waals surface area contributed by atoms with Crippen LogP contribution in [0.3, 0.4) is 0 Å². The van der Waals surface area contributed by atoms with E-state index in [1.54, 1.807) is 6.92 Å². The van der Waals surface area contributed by atoms with Crippen LogP contribution in [0, 0.1) is 24.6 Å². The van der Waals surface area contributed by atoms with Crippen molar-refractivity contribution >= 4 is 11.9 Å². The molecule has 0 heterocycles. The summed E-state index contributed by atoms with van der Waals surface area (Å²) in [4.78, 5) is 23.1. The van der Waals surface area contributed by atoms with Gasteiger partial charge in [0, 0.05) is 12.1 Å². The van der Waals surface area contributed by atoms with Gasteiger partial charge in [0.25, 0.3) is 5.91 Å². The van der Waals surface area contributed by atoms with Gasteiger partial charge in [0.1, 0.15) is 5.82 Å². The molecule has 20 heavy (non-hydrogen) atoms. The summed E-state index contributed by atoms with van der Waals surface area (Å²) in [5.74, 6) is -1.83. The molecule has 0 aromatic heterocycles. The Hall–Kier alpha value is -1.91. The number of amides is 1. The SMILES string of the molecule is Cc1cc(F)ccc1C(=O)NCC1CCCC1C(=O)O. The second-order valence-electron chi connectivity index (χ2n) is 5.30. The molecule has 0 bridgehead atoms. The number of benzene rings is 1. The van der Waals surface area contributed by atoms with E-state index in [-0.39, 0.29) is 23.6 Å². The molecule has 1 amide bonds. The quantitative estimate of drug-likeness (QED) is 0.889. The van der Waals surface area contributed by atoms with Crippen molar-refractivity contribution in [1.29, 1.82) is 0 Å². The molecule has 2 unspecified atom stereocenters. The Bertz CT molecular complexity index is 530. The second-order valence-corrected chi connectivity index (χ2v) is 5.30. The summed E-state index contributed by atoms with van der Waals surface area (Å²) in [5.41, 5.74) is 1.000. The molecule has 108 valence electrons. The number of hydrogen-bond donors (Lipinski definition) is 2. The number of aryl methyl sites for hydroxylation is 1. The smallest absolute Gasteiger partial charge is 0.306 e. The van der Waals surface area contributed by atoms with E-state index in [0.717, 1.165) is 12.8 Å². The highest BCUT2D eigenvalue weighted by Crippen LogP contribution is 2.31. The molecule has 2 N–H and O–H groups in total. The number of aliphatic carboxylic acids is 1. The molecule has 5 heteroatoms. The van der Waals surface area contributed by atoms with Gasteiger partial charge in [0.2, 0.25) is 0 Å². The number of halogens is 1. The minimum Gasteiger partial charge on any atom is -0.481 e. The van der Waals surface area contributed by atoms with E-state index >= 15 is 0 Å². The fourth-order valence-corrected chi connectivity index (χ4v) is 2.81. The summed E-state index contributed by atoms with van der Waals surface area (Å²) in [7, 11) is 0. The zero-order valence-electron chi connectivity index (χ0n) is 11.4. The van der Waals surface area contributed by atoms with Crippen LogP contribution in [0.25, 0.3) is 0 Å². The number of nitrogens with one attached hydrogen (secondary N) is 1. The van der Waals surface area contributed by atoms with E-state index in [2.05, 4.69) is 5.32 Å². The van der Waals surface area contributed by atoms with Crippen LogP contribution in [0.15, 0.2) is 18.2 Å². The molecular weight excluding hydrogens is 261 g/mol. The van der Waals surface area contributed by atoms with Crippen LogP contribution in [0.2, 0.25) is 0 Å². The van der Waals surface area contributed by atoms with E-state index in [1.165, 1.54) is 18.2 Å². The van der Waals surface area contributed by atoms with Gasteiger partial charge in [-0.1, -0.05) is 6.42 Å². The molecule has 0 saturated heterocycles. The van der Waals surface area contributed by atoms with E-state index in [4.69, 9.17) is 5.11 Å². The lowest BCUT2D eigenvalue weighted by Gasteiger charge is -2.16. The van der Waals surface area contributed by atoms with Crippen LogP contribution in [0.5, 0.6) is 0 Å². The topological polar surface area (TPSA) is 66.4 Å². The van der Waals surface area contributed by atoms with Crippen molar-refractivity contribution in [3.63, 3.8) is 0 Å². The standard InChI is InChI=1S/C15H18FNO3/c1-9-7-11(16)5-6-12(9)14(18)17-8-10-3-2-4-13(10)15(19)20/h5-7,10,13H,2-4,8H2,1H3,(H,17,18)(H,19,20).